The van der Waals surface area contributed by atoms with Crippen molar-refractivity contribution in [1.82, 2.24) is 4.98 Å². The summed E-state index contributed by atoms with van der Waals surface area (Å²) in [6.07, 6.45) is 3.56. The summed E-state index contributed by atoms with van der Waals surface area (Å²) < 4.78 is 24.0. The minimum Gasteiger partial charge on any atom is -0.256 e. The smallest absolute Gasteiger partial charge is 0.150 e. The van der Waals surface area contributed by atoms with E-state index < -0.39 is 15.1 Å². The van der Waals surface area contributed by atoms with E-state index >= 15 is 0 Å². The van der Waals surface area contributed by atoms with Gasteiger partial charge in [-0.05, 0) is 60.4 Å². The Bertz CT molecular complexity index is 1370. The molecule has 1 unspecified atom stereocenters. The van der Waals surface area contributed by atoms with Gasteiger partial charge in [-0.25, -0.2) is 8.42 Å². The topological polar surface area (TPSA) is 47.0 Å². The van der Waals surface area contributed by atoms with Gasteiger partial charge in [-0.2, -0.15) is 0 Å². The molecule has 0 bridgehead atoms. The molecule has 0 N–H and O–H groups in total. The van der Waals surface area contributed by atoms with Crippen molar-refractivity contribution < 1.29 is 8.42 Å². The number of pyridine rings is 1. The van der Waals surface area contributed by atoms with Crippen LogP contribution in [0, 0.1) is 0 Å². The summed E-state index contributed by atoms with van der Waals surface area (Å²) in [4.78, 5) is 5.68. The molecule has 0 saturated heterocycles. The lowest BCUT2D eigenvalue weighted by atomic mass is 9.96. The Morgan fingerprint density at radius 2 is 1.78 bits per heavy atom. The summed E-state index contributed by atoms with van der Waals surface area (Å²) in [6.45, 7) is 1.76. The normalized spacial score (nSPS) is 12.7. The number of aromatic nitrogens is 1. The first-order valence-electron chi connectivity index (χ1n) is 10.3. The predicted molar refractivity (Wildman–Crippen MR) is 136 cm³/mol. The van der Waals surface area contributed by atoms with E-state index in [1.54, 1.807) is 24.9 Å². The molecule has 0 aliphatic carbocycles. The van der Waals surface area contributed by atoms with Crippen LogP contribution in [0.1, 0.15) is 18.1 Å². The minimum atomic E-state index is -3.10. The Morgan fingerprint density at radius 3 is 2.56 bits per heavy atom. The van der Waals surface area contributed by atoms with Crippen LogP contribution in [0.4, 0.5) is 0 Å². The lowest BCUT2D eigenvalue weighted by Gasteiger charge is -2.14. The van der Waals surface area contributed by atoms with Gasteiger partial charge in [0.1, 0.15) is 9.84 Å². The van der Waals surface area contributed by atoms with Crippen LogP contribution in [0.2, 0.25) is 5.02 Å². The fraction of sp³-hybridized carbons (Fsp3) is 0.192. The number of benzene rings is 3. The number of nitrogens with zero attached hydrogens (tertiary/aromatic N) is 1. The Morgan fingerprint density at radius 1 is 0.969 bits per heavy atom. The highest BCUT2D eigenvalue weighted by Crippen LogP contribution is 2.33. The van der Waals surface area contributed by atoms with E-state index in [4.69, 9.17) is 11.6 Å². The van der Waals surface area contributed by atoms with Crippen molar-refractivity contribution >= 4 is 44.1 Å². The molecule has 164 valence electrons. The first-order chi connectivity index (χ1) is 15.3. The van der Waals surface area contributed by atoms with Crippen LogP contribution in [0.25, 0.3) is 22.0 Å². The van der Waals surface area contributed by atoms with Crippen molar-refractivity contribution in [3.05, 3.63) is 95.1 Å². The zero-order valence-electron chi connectivity index (χ0n) is 18.0. The van der Waals surface area contributed by atoms with E-state index in [9.17, 15) is 8.42 Å². The molecule has 0 aliphatic heterocycles. The summed E-state index contributed by atoms with van der Waals surface area (Å²) in [7, 11) is -3.10. The summed E-state index contributed by atoms with van der Waals surface area (Å²) in [5.41, 5.74) is 5.18. The van der Waals surface area contributed by atoms with Gasteiger partial charge in [0.15, 0.2) is 0 Å². The average molecular weight is 482 g/mol. The second kappa shape index (κ2) is 9.65. The number of fused-ring (bicyclic) bond motifs is 1. The Balaban J connectivity index is 1.69. The van der Waals surface area contributed by atoms with Gasteiger partial charge in [0.25, 0.3) is 0 Å². The van der Waals surface area contributed by atoms with Crippen molar-refractivity contribution in [1.29, 1.82) is 0 Å². The van der Waals surface area contributed by atoms with Crippen molar-refractivity contribution in [3.63, 3.8) is 0 Å². The third-order valence-corrected chi connectivity index (χ3v) is 8.70. The van der Waals surface area contributed by atoms with E-state index in [2.05, 4.69) is 35.3 Å². The summed E-state index contributed by atoms with van der Waals surface area (Å²) in [5.74, 6) is 0.799. The number of hydrogen-bond donors (Lipinski definition) is 0. The molecule has 4 rings (SSSR count). The maximum atomic E-state index is 12.0. The molecule has 0 saturated carbocycles. The zero-order valence-corrected chi connectivity index (χ0v) is 20.3. The highest BCUT2D eigenvalue weighted by molar-refractivity contribution is 7.98. The quantitative estimate of drug-likeness (QED) is 0.271. The van der Waals surface area contributed by atoms with E-state index in [1.165, 1.54) is 11.8 Å². The van der Waals surface area contributed by atoms with Gasteiger partial charge in [0, 0.05) is 34.1 Å². The molecule has 3 nitrogen and oxygen atoms in total. The maximum Gasteiger partial charge on any atom is 0.150 e. The number of sulfone groups is 1. The molecule has 0 fully saturated rings. The van der Waals surface area contributed by atoms with Gasteiger partial charge in [-0.1, -0.05) is 54.1 Å². The molecule has 6 heteroatoms. The molecule has 0 aliphatic rings. The van der Waals surface area contributed by atoms with Gasteiger partial charge in [0.05, 0.1) is 15.8 Å². The van der Waals surface area contributed by atoms with Crippen LogP contribution in [0.15, 0.2) is 83.9 Å². The van der Waals surface area contributed by atoms with E-state index in [1.807, 2.05) is 42.5 Å². The third-order valence-electron chi connectivity index (χ3n) is 5.49. The lowest BCUT2D eigenvalue weighted by molar-refractivity contribution is 0.588. The summed E-state index contributed by atoms with van der Waals surface area (Å²) in [5, 5.41) is 1.33. The Labute approximate surface area is 198 Å². The van der Waals surface area contributed by atoms with Crippen LogP contribution in [0.5, 0.6) is 0 Å². The highest BCUT2D eigenvalue weighted by Gasteiger charge is 2.17. The number of rotatable bonds is 7. The monoisotopic (exact) mass is 481 g/mol. The molecule has 0 spiro atoms. The Kier molecular flexibility index (Phi) is 6.89. The van der Waals surface area contributed by atoms with E-state index in [-0.39, 0.29) is 0 Å². The first-order valence-corrected chi connectivity index (χ1v) is 13.7. The molecular weight excluding hydrogens is 458 g/mol. The first kappa shape index (κ1) is 22.8. The van der Waals surface area contributed by atoms with Crippen LogP contribution in [-0.2, 0) is 22.0 Å². The van der Waals surface area contributed by atoms with Crippen molar-refractivity contribution in [2.45, 2.75) is 29.2 Å². The van der Waals surface area contributed by atoms with Crippen LogP contribution < -0.4 is 0 Å². The number of hydrogen-bond acceptors (Lipinski definition) is 4. The van der Waals surface area contributed by atoms with Gasteiger partial charge >= 0.3 is 0 Å². The van der Waals surface area contributed by atoms with Crippen LogP contribution >= 0.6 is 23.4 Å². The highest BCUT2D eigenvalue weighted by atomic mass is 35.5. The second-order valence-electron chi connectivity index (χ2n) is 7.98. The molecule has 1 aromatic heterocycles. The third kappa shape index (κ3) is 5.34. The molecule has 0 amide bonds. The molecule has 4 aromatic rings. The molecule has 3 aromatic carbocycles. The molecule has 1 heterocycles. The van der Waals surface area contributed by atoms with Gasteiger partial charge in [-0.15, -0.1) is 11.8 Å². The number of halogens is 1. The molecule has 32 heavy (non-hydrogen) atoms. The minimum absolute atomic E-state index is 0.442. The molecular formula is C26H24ClNO2S2. The summed E-state index contributed by atoms with van der Waals surface area (Å²) in [6, 6.07) is 24.3. The van der Waals surface area contributed by atoms with Crippen molar-refractivity contribution in [3.8, 4) is 11.1 Å². The van der Waals surface area contributed by atoms with E-state index in [0.717, 1.165) is 43.3 Å². The maximum absolute atomic E-state index is 12.0. The molecule has 1 atom stereocenters. The van der Waals surface area contributed by atoms with Gasteiger partial charge in [-0.3, -0.25) is 4.98 Å². The Hall–Kier alpha value is -2.34. The van der Waals surface area contributed by atoms with E-state index in [0.29, 0.717) is 6.42 Å². The second-order valence-corrected chi connectivity index (χ2v) is 11.9. The standard InChI is InChI=1S/C26H24ClNO2S2/c1-18(32(2,29)30)13-20-15-22-9-6-12-28-26(22)23(16-20)21-8-5-7-19(14-21)17-31-25-11-4-3-10-24(25)27/h3-12,14-16,18H,13,17H2,1-2H3. The molecule has 0 radical (unpaired) electrons. The SMILES string of the molecule is CC(Cc1cc(-c2cccc(CSc3ccccc3Cl)c2)c2ncccc2c1)S(C)(=O)=O. The van der Waals surface area contributed by atoms with Crippen LogP contribution in [-0.4, -0.2) is 24.9 Å². The lowest BCUT2D eigenvalue weighted by Crippen LogP contribution is -2.18. The van der Waals surface area contributed by atoms with Gasteiger partial charge in [0.2, 0.25) is 0 Å². The largest absolute Gasteiger partial charge is 0.256 e. The number of thioether (sulfide) groups is 1. The predicted octanol–water partition coefficient (Wildman–Crippen LogP) is 6.82. The average Bonchev–Trinajstić information content (AvgIpc) is 2.77. The fourth-order valence-electron chi connectivity index (χ4n) is 3.63. The summed E-state index contributed by atoms with van der Waals surface area (Å²) >= 11 is 8.01. The van der Waals surface area contributed by atoms with Crippen molar-refractivity contribution in [2.24, 2.45) is 0 Å². The fourth-order valence-corrected chi connectivity index (χ4v) is 5.30. The van der Waals surface area contributed by atoms with Crippen LogP contribution in [0.3, 0.4) is 0 Å². The zero-order chi connectivity index (χ0) is 22.7. The van der Waals surface area contributed by atoms with Crippen molar-refractivity contribution in [2.75, 3.05) is 6.26 Å². The van der Waals surface area contributed by atoms with Gasteiger partial charge < -0.3 is 0 Å².